The quantitative estimate of drug-likeness (QED) is 0.0461. The van der Waals surface area contributed by atoms with Crippen LogP contribution in [-0.4, -0.2) is 163 Å². The average molecular weight is 1570 g/mol. The Labute approximate surface area is 632 Å². The molecule has 15 rings (SSSR count). The minimum Gasteiger partial charge on any atom is -0.508 e. The number of piperazine rings is 2. The maximum Gasteiger partial charge on any atom is 0.350 e. The van der Waals surface area contributed by atoms with E-state index in [1.165, 1.54) is 27.3 Å². The second-order valence-corrected chi connectivity index (χ2v) is 27.9. The monoisotopic (exact) mass is 1570 g/mol. The van der Waals surface area contributed by atoms with Crippen LogP contribution in [0.5, 0.6) is 11.5 Å². The van der Waals surface area contributed by atoms with Gasteiger partial charge in [-0.15, -0.1) is 24.0 Å². The summed E-state index contributed by atoms with van der Waals surface area (Å²) in [5.74, 6) is -1.02. The van der Waals surface area contributed by atoms with E-state index in [0.29, 0.717) is 25.5 Å². The van der Waals surface area contributed by atoms with Crippen LogP contribution < -0.4 is 35.7 Å². The number of hydrogen-bond acceptors (Lipinski definition) is 21. The number of anilines is 4. The summed E-state index contributed by atoms with van der Waals surface area (Å²) >= 11 is 0. The van der Waals surface area contributed by atoms with E-state index in [9.17, 15) is 23.1 Å². The standard InChI is InChI=1S/C35H40N8O4.C22H27N5O2.C20H21N3O5S.HI/c1-3-27(2)43-34(44)41(26-38-43)31-11-9-29(10-12-31)39-19-21-40(22-20-39)30-13-15-32(16-14-30)45-23-33-24-46-35(47-33,25-42-36-17-18-37-42)28-7-5-4-6-8-28;1-3-17(2)27-22(29)26(16-23-27)20-6-4-18(5-7-20)24-12-14-25(15-13-24)19-8-10-21(28)11-9-19;1-16-7-9-19(10-8-16)29(24,25)27-14-18-13-26-20(28-18,15-23-21-11-12-22-23)17-5-3-2-4-6-17;/h4-18,26-27,33H,3,19-25H2,1-2H3;4-11,16-17,28H,3,12-15H2,1-2H3;2-12,18H,13-15H2,1H3;1H/t27?,33-,35-;;18-,20+;/m1.1./s1. The minimum atomic E-state index is -3.88. The predicted molar refractivity (Wildman–Crippen MR) is 412 cm³/mol. The Morgan fingerprint density at radius 3 is 1.23 bits per heavy atom. The number of phenols is 1. The van der Waals surface area contributed by atoms with Crippen molar-refractivity contribution in [1.29, 1.82) is 0 Å². The molecule has 0 radical (unpaired) electrons. The van der Waals surface area contributed by atoms with Crippen molar-refractivity contribution in [3.05, 3.63) is 257 Å². The van der Waals surface area contributed by atoms with Gasteiger partial charge in [0.2, 0.25) is 11.6 Å². The van der Waals surface area contributed by atoms with Crippen LogP contribution >= 0.6 is 24.0 Å². The van der Waals surface area contributed by atoms with Crippen molar-refractivity contribution in [1.82, 2.24) is 58.7 Å². The van der Waals surface area contributed by atoms with Crippen LogP contribution in [0.2, 0.25) is 0 Å². The van der Waals surface area contributed by atoms with E-state index >= 15 is 0 Å². The van der Waals surface area contributed by atoms with Crippen molar-refractivity contribution in [2.45, 2.75) is 101 Å². The van der Waals surface area contributed by atoms with Gasteiger partial charge in [-0.2, -0.15) is 48.6 Å². The summed E-state index contributed by atoms with van der Waals surface area (Å²) in [5.41, 5.74) is 8.73. The van der Waals surface area contributed by atoms with E-state index in [2.05, 4.69) is 93.5 Å². The average Bonchev–Trinajstić information content (AvgIpc) is 1.63. The molecule has 106 heavy (non-hydrogen) atoms. The van der Waals surface area contributed by atoms with Gasteiger partial charge in [0.15, 0.2) is 0 Å². The van der Waals surface area contributed by atoms with Crippen molar-refractivity contribution in [3.63, 3.8) is 0 Å². The van der Waals surface area contributed by atoms with Crippen molar-refractivity contribution in [3.8, 4) is 22.9 Å². The van der Waals surface area contributed by atoms with Crippen LogP contribution in [0.1, 0.15) is 69.3 Å². The third-order valence-electron chi connectivity index (χ3n) is 19.3. The van der Waals surface area contributed by atoms with Crippen molar-refractivity contribution < 1.29 is 41.4 Å². The van der Waals surface area contributed by atoms with E-state index in [1.54, 1.807) is 80.3 Å². The molecule has 4 aromatic heterocycles. The summed E-state index contributed by atoms with van der Waals surface area (Å²) in [4.78, 5) is 38.0. The van der Waals surface area contributed by atoms with Gasteiger partial charge in [0, 0.05) is 86.2 Å². The van der Waals surface area contributed by atoms with Gasteiger partial charge < -0.3 is 48.4 Å². The Morgan fingerprint density at radius 1 is 0.481 bits per heavy atom. The number of phenolic OH excluding ortho intramolecular Hbond substituents is 1. The van der Waals surface area contributed by atoms with E-state index in [1.807, 2.05) is 137 Å². The van der Waals surface area contributed by atoms with Gasteiger partial charge in [-0.1, -0.05) is 92.2 Å². The molecule has 4 fully saturated rings. The van der Waals surface area contributed by atoms with Crippen LogP contribution in [0.15, 0.2) is 234 Å². The number of ether oxygens (including phenoxy) is 5. The second kappa shape index (κ2) is 34.5. The molecule has 0 saturated carbocycles. The Morgan fingerprint density at radius 2 is 0.840 bits per heavy atom. The van der Waals surface area contributed by atoms with Gasteiger partial charge in [-0.25, -0.2) is 28.1 Å². The SMILES string of the molecule is CCC(C)n1ncn(-c2ccc(N3CCN(c4ccc(O)cc4)CC3)cc2)c1=O.CCC(C)n1ncn(-c2ccc(N3CCN(c4ccc(OC[C@@H]5CO[C@@](Cn6nccn6)(c6ccccc6)O5)cc4)CC3)cc2)c1=O.Cc1ccc(S(=O)(=O)OC[C@H]2CO[C@](Cn3nccn3)(c3ccccc3)O2)cc1.I. The summed E-state index contributed by atoms with van der Waals surface area (Å²) < 4.78 is 67.4. The van der Waals surface area contributed by atoms with Gasteiger partial charge in [0.1, 0.15) is 56.1 Å². The molecular weight excluding hydrogens is 1480 g/mol. The van der Waals surface area contributed by atoms with E-state index in [-0.39, 0.29) is 78.2 Å². The number of aromatic nitrogens is 12. The first kappa shape index (κ1) is 75.7. The Hall–Kier alpha value is -10.0. The summed E-state index contributed by atoms with van der Waals surface area (Å²) in [5, 5.41) is 34.8. The smallest absolute Gasteiger partial charge is 0.350 e. The highest BCUT2D eigenvalue weighted by Gasteiger charge is 2.46. The molecule has 8 heterocycles. The molecule has 1 N–H and O–H groups in total. The number of nitrogens with zero attached hydrogens (tertiary/aromatic N) is 16. The first-order valence-corrected chi connectivity index (χ1v) is 36.9. The molecule has 27 nitrogen and oxygen atoms in total. The molecule has 29 heteroatoms. The summed E-state index contributed by atoms with van der Waals surface area (Å²) in [6.45, 7) is 18.7. The largest absolute Gasteiger partial charge is 0.508 e. The van der Waals surface area contributed by atoms with Crippen LogP contribution in [0.4, 0.5) is 22.7 Å². The van der Waals surface area contributed by atoms with Crippen LogP contribution in [0.3, 0.4) is 0 Å². The Kier molecular flexibility index (Phi) is 24.6. The normalized spacial score (nSPS) is 19.3. The molecule has 0 amide bonds. The molecule has 2 unspecified atom stereocenters. The van der Waals surface area contributed by atoms with E-state index < -0.39 is 27.8 Å². The number of halogens is 1. The van der Waals surface area contributed by atoms with Gasteiger partial charge in [0.05, 0.1) is 73.0 Å². The number of benzene rings is 7. The lowest BCUT2D eigenvalue weighted by atomic mass is 10.1. The molecule has 0 aliphatic carbocycles. The number of hydrogen-bond donors (Lipinski definition) is 1. The lowest BCUT2D eigenvalue weighted by molar-refractivity contribution is -0.192. The van der Waals surface area contributed by atoms with E-state index in [0.717, 1.165) is 116 Å². The summed E-state index contributed by atoms with van der Waals surface area (Å²) in [7, 11) is -3.88. The molecular formula is C77H89IN16O11S. The molecule has 0 spiro atoms. The summed E-state index contributed by atoms with van der Waals surface area (Å²) in [6.07, 6.45) is 10.6. The Balaban J connectivity index is 0.000000156. The zero-order valence-corrected chi connectivity index (χ0v) is 63.1. The molecule has 556 valence electrons. The molecule has 4 aliphatic heterocycles. The number of aromatic hydroxyl groups is 1. The first-order chi connectivity index (χ1) is 51.0. The molecule has 4 saturated heterocycles. The van der Waals surface area contributed by atoms with Gasteiger partial charge in [-0.3, -0.25) is 4.18 Å². The molecule has 11 aromatic rings. The third kappa shape index (κ3) is 17.9. The summed E-state index contributed by atoms with van der Waals surface area (Å²) in [6, 6.07) is 57.9. The third-order valence-corrected chi connectivity index (χ3v) is 20.6. The van der Waals surface area contributed by atoms with Crippen LogP contribution in [-0.2, 0) is 57.9 Å². The fourth-order valence-electron chi connectivity index (χ4n) is 12.9. The molecule has 0 bridgehead atoms. The highest BCUT2D eigenvalue weighted by Crippen LogP contribution is 2.38. The molecule has 4 aliphatic rings. The topological polar surface area (TPSA) is 264 Å². The van der Waals surface area contributed by atoms with Gasteiger partial charge in [-0.05, 0) is 143 Å². The Bertz CT molecular complexity index is 4770. The van der Waals surface area contributed by atoms with Crippen LogP contribution in [0, 0.1) is 6.92 Å². The van der Waals surface area contributed by atoms with Crippen molar-refractivity contribution in [2.75, 3.05) is 98.4 Å². The highest BCUT2D eigenvalue weighted by molar-refractivity contribution is 14.0. The molecule has 6 atom stereocenters. The van der Waals surface area contributed by atoms with Crippen LogP contribution in [0.25, 0.3) is 11.4 Å². The fourth-order valence-corrected chi connectivity index (χ4v) is 13.9. The maximum absolute atomic E-state index is 12.8. The lowest BCUT2D eigenvalue weighted by Crippen LogP contribution is -2.46. The highest BCUT2D eigenvalue weighted by atomic mass is 127. The minimum absolute atomic E-state index is 0. The van der Waals surface area contributed by atoms with Crippen molar-refractivity contribution in [2.24, 2.45) is 0 Å². The zero-order valence-electron chi connectivity index (χ0n) is 59.9. The lowest BCUT2D eigenvalue weighted by Gasteiger charge is -2.37. The van der Waals surface area contributed by atoms with Gasteiger partial charge >= 0.3 is 11.4 Å². The fraction of sp³-hybridized carbons (Fsp3) is 0.351. The zero-order chi connectivity index (χ0) is 72.9. The second-order valence-electron chi connectivity index (χ2n) is 26.3. The van der Waals surface area contributed by atoms with Gasteiger partial charge in [0.25, 0.3) is 10.1 Å². The predicted octanol–water partition coefficient (Wildman–Crippen LogP) is 10.2. The first-order valence-electron chi connectivity index (χ1n) is 35.5. The number of aryl methyl sites for hydroxylation is 1. The van der Waals surface area contributed by atoms with E-state index in [4.69, 9.17) is 27.9 Å². The number of rotatable bonds is 23. The van der Waals surface area contributed by atoms with Crippen molar-refractivity contribution >= 4 is 56.8 Å². The molecule has 7 aromatic carbocycles. The maximum atomic E-state index is 12.8.